The molecule has 0 aliphatic heterocycles. The van der Waals surface area contributed by atoms with Gasteiger partial charge in [-0.1, -0.05) is 52.7 Å². The Kier molecular flexibility index (Phi) is 6.48. The van der Waals surface area contributed by atoms with Gasteiger partial charge >= 0.3 is 10.8 Å². The standard InChI is InChI=1S/C19H13Cl2N3O4S/c20-14-6-2-4-12(8-14)17(25)23-22-9-15-16(21)24(19(28)29-15)10-11-3-1-5-13(7-11)18(26)27/h1-9H,10H2,(H,23,25)(H,26,27)/b22-9+. The zero-order valence-electron chi connectivity index (χ0n) is 14.6. The molecule has 1 aromatic heterocycles. The predicted molar refractivity (Wildman–Crippen MR) is 113 cm³/mol. The van der Waals surface area contributed by atoms with E-state index in [2.05, 4.69) is 10.5 Å². The molecule has 10 heteroatoms. The van der Waals surface area contributed by atoms with Gasteiger partial charge in [-0.15, -0.1) is 0 Å². The molecular formula is C19H13Cl2N3O4S. The van der Waals surface area contributed by atoms with Crippen LogP contribution < -0.4 is 10.3 Å². The second kappa shape index (κ2) is 9.04. The van der Waals surface area contributed by atoms with Crippen LogP contribution in [0.4, 0.5) is 0 Å². The Morgan fingerprint density at radius 1 is 1.14 bits per heavy atom. The van der Waals surface area contributed by atoms with Gasteiger partial charge in [-0.25, -0.2) is 10.2 Å². The number of thiazole rings is 1. The number of carbonyl (C=O) groups excluding carboxylic acids is 1. The molecule has 1 amide bonds. The summed E-state index contributed by atoms with van der Waals surface area (Å²) >= 11 is 13.0. The van der Waals surface area contributed by atoms with Gasteiger partial charge in [0, 0.05) is 10.6 Å². The van der Waals surface area contributed by atoms with Crippen molar-refractivity contribution in [3.63, 3.8) is 0 Å². The topological polar surface area (TPSA) is 101 Å². The van der Waals surface area contributed by atoms with Crippen LogP contribution in [-0.4, -0.2) is 27.8 Å². The first-order valence-corrected chi connectivity index (χ1v) is 9.72. The van der Waals surface area contributed by atoms with Crippen molar-refractivity contribution in [1.82, 2.24) is 9.99 Å². The molecule has 2 aromatic carbocycles. The van der Waals surface area contributed by atoms with Crippen LogP contribution in [0.2, 0.25) is 10.2 Å². The van der Waals surface area contributed by atoms with E-state index in [4.69, 9.17) is 28.3 Å². The number of hydrogen-bond donors (Lipinski definition) is 2. The molecule has 3 rings (SSSR count). The fourth-order valence-corrected chi connectivity index (χ4v) is 3.74. The molecule has 0 unspecified atom stereocenters. The maximum atomic E-state index is 12.3. The van der Waals surface area contributed by atoms with Gasteiger partial charge in [-0.05, 0) is 35.9 Å². The molecule has 29 heavy (non-hydrogen) atoms. The number of aromatic nitrogens is 1. The van der Waals surface area contributed by atoms with Crippen LogP contribution in [0.5, 0.6) is 0 Å². The molecule has 1 heterocycles. The molecule has 0 fully saturated rings. The normalized spacial score (nSPS) is 11.0. The molecule has 2 N–H and O–H groups in total. The third kappa shape index (κ3) is 5.11. The van der Waals surface area contributed by atoms with E-state index < -0.39 is 11.9 Å². The molecule has 148 valence electrons. The fourth-order valence-electron chi connectivity index (χ4n) is 2.45. The quantitative estimate of drug-likeness (QED) is 0.442. The SMILES string of the molecule is O=C(O)c1cccc(Cn2c(Cl)c(/C=N/NC(=O)c3cccc(Cl)c3)sc2=O)c1. The van der Waals surface area contributed by atoms with Crippen LogP contribution in [0.3, 0.4) is 0 Å². The van der Waals surface area contributed by atoms with Gasteiger partial charge in [-0.3, -0.25) is 14.2 Å². The third-order valence-electron chi connectivity index (χ3n) is 3.81. The molecule has 0 radical (unpaired) electrons. The lowest BCUT2D eigenvalue weighted by molar-refractivity contribution is 0.0696. The van der Waals surface area contributed by atoms with Crippen molar-refractivity contribution in [1.29, 1.82) is 0 Å². The Morgan fingerprint density at radius 3 is 2.59 bits per heavy atom. The number of carboxylic acids is 1. The largest absolute Gasteiger partial charge is 0.478 e. The van der Waals surface area contributed by atoms with Gasteiger partial charge in [0.1, 0.15) is 5.15 Å². The van der Waals surface area contributed by atoms with Crippen molar-refractivity contribution in [3.8, 4) is 0 Å². The first-order chi connectivity index (χ1) is 13.8. The number of nitrogens with one attached hydrogen (secondary N) is 1. The highest BCUT2D eigenvalue weighted by Gasteiger charge is 2.13. The summed E-state index contributed by atoms with van der Waals surface area (Å²) in [7, 11) is 0. The van der Waals surface area contributed by atoms with E-state index in [-0.39, 0.29) is 22.1 Å². The van der Waals surface area contributed by atoms with Gasteiger partial charge in [0.05, 0.1) is 23.2 Å². The van der Waals surface area contributed by atoms with E-state index in [9.17, 15) is 14.4 Å². The summed E-state index contributed by atoms with van der Waals surface area (Å²) in [6, 6.07) is 12.6. The molecule has 7 nitrogen and oxygen atoms in total. The molecule has 0 aliphatic carbocycles. The van der Waals surface area contributed by atoms with E-state index in [1.54, 1.807) is 30.3 Å². The van der Waals surface area contributed by atoms with Crippen LogP contribution >= 0.6 is 34.5 Å². The second-order valence-electron chi connectivity index (χ2n) is 5.82. The van der Waals surface area contributed by atoms with Crippen LogP contribution in [0.25, 0.3) is 0 Å². The number of carbonyl (C=O) groups is 2. The van der Waals surface area contributed by atoms with Crippen molar-refractivity contribution in [2.75, 3.05) is 0 Å². The Morgan fingerprint density at radius 2 is 1.86 bits per heavy atom. The van der Waals surface area contributed by atoms with Crippen LogP contribution in [0.15, 0.2) is 58.4 Å². The molecule has 0 bridgehead atoms. The molecule has 0 atom stereocenters. The number of rotatable bonds is 6. The minimum absolute atomic E-state index is 0.109. The van der Waals surface area contributed by atoms with Gasteiger partial charge in [0.25, 0.3) is 5.91 Å². The number of amides is 1. The molecule has 0 aliphatic rings. The minimum Gasteiger partial charge on any atom is -0.478 e. The van der Waals surface area contributed by atoms with Crippen molar-refractivity contribution in [2.45, 2.75) is 6.54 Å². The summed E-state index contributed by atoms with van der Waals surface area (Å²) in [6.45, 7) is 0.109. The second-order valence-corrected chi connectivity index (χ2v) is 7.61. The molecule has 0 saturated heterocycles. The number of aromatic carboxylic acids is 1. The Balaban J connectivity index is 1.74. The number of hydrazone groups is 1. The van der Waals surface area contributed by atoms with Crippen molar-refractivity contribution in [2.24, 2.45) is 5.10 Å². The molecule has 0 spiro atoms. The van der Waals surface area contributed by atoms with Gasteiger partial charge in [-0.2, -0.15) is 5.10 Å². The first kappa shape index (κ1) is 20.8. The Bertz CT molecular complexity index is 1170. The Labute approximate surface area is 178 Å². The summed E-state index contributed by atoms with van der Waals surface area (Å²) < 4.78 is 1.30. The highest BCUT2D eigenvalue weighted by Crippen LogP contribution is 2.19. The lowest BCUT2D eigenvalue weighted by Gasteiger charge is -2.05. The maximum absolute atomic E-state index is 12.3. The zero-order chi connectivity index (χ0) is 21.0. The minimum atomic E-state index is -1.06. The van der Waals surface area contributed by atoms with Crippen molar-refractivity contribution >= 4 is 52.6 Å². The van der Waals surface area contributed by atoms with E-state index in [1.165, 1.54) is 29.0 Å². The van der Waals surface area contributed by atoms with E-state index >= 15 is 0 Å². The average Bonchev–Trinajstić information content (AvgIpc) is 2.95. The lowest BCUT2D eigenvalue weighted by Crippen LogP contribution is -2.17. The Hall–Kier alpha value is -2.94. The van der Waals surface area contributed by atoms with Crippen LogP contribution in [-0.2, 0) is 6.54 Å². The fraction of sp³-hybridized carbons (Fsp3) is 0.0526. The molecular weight excluding hydrogens is 437 g/mol. The number of halogens is 2. The van der Waals surface area contributed by atoms with Gasteiger partial charge in [0.15, 0.2) is 0 Å². The summed E-state index contributed by atoms with van der Waals surface area (Å²) in [5.41, 5.74) is 3.41. The number of benzene rings is 2. The van der Waals surface area contributed by atoms with E-state index in [0.717, 1.165) is 11.3 Å². The summed E-state index contributed by atoms with van der Waals surface area (Å²) in [6.07, 6.45) is 1.28. The third-order valence-corrected chi connectivity index (χ3v) is 5.48. The van der Waals surface area contributed by atoms with Crippen LogP contribution in [0, 0.1) is 0 Å². The highest BCUT2D eigenvalue weighted by molar-refractivity contribution is 7.11. The summed E-state index contributed by atoms with van der Waals surface area (Å²) in [5, 5.41) is 13.5. The van der Waals surface area contributed by atoms with Gasteiger partial charge in [0.2, 0.25) is 0 Å². The average molecular weight is 450 g/mol. The predicted octanol–water partition coefficient (Wildman–Crippen LogP) is 3.73. The number of hydrogen-bond acceptors (Lipinski definition) is 5. The maximum Gasteiger partial charge on any atom is 0.335 e. The zero-order valence-corrected chi connectivity index (χ0v) is 17.0. The molecule has 3 aromatic rings. The first-order valence-electron chi connectivity index (χ1n) is 8.15. The van der Waals surface area contributed by atoms with Gasteiger partial charge < -0.3 is 5.11 Å². The van der Waals surface area contributed by atoms with Crippen molar-refractivity contribution < 1.29 is 14.7 Å². The van der Waals surface area contributed by atoms with E-state index in [1.807, 2.05) is 0 Å². The van der Waals surface area contributed by atoms with Crippen molar-refractivity contribution in [3.05, 3.63) is 89.9 Å². The monoisotopic (exact) mass is 449 g/mol. The molecule has 0 saturated carbocycles. The lowest BCUT2D eigenvalue weighted by atomic mass is 10.1. The summed E-state index contributed by atoms with van der Waals surface area (Å²) in [4.78, 5) is 35.4. The smallest absolute Gasteiger partial charge is 0.335 e. The number of nitrogens with zero attached hydrogens (tertiary/aromatic N) is 2. The van der Waals surface area contributed by atoms with E-state index in [0.29, 0.717) is 21.0 Å². The number of carboxylic acid groups (broad SMARTS) is 1. The van der Waals surface area contributed by atoms with Crippen LogP contribution in [0.1, 0.15) is 31.2 Å². The summed E-state index contributed by atoms with van der Waals surface area (Å²) in [5.74, 6) is -1.52. The highest BCUT2D eigenvalue weighted by atomic mass is 35.5.